The van der Waals surface area contributed by atoms with E-state index in [0.717, 1.165) is 0 Å². The molecule has 2 aromatic rings. The van der Waals surface area contributed by atoms with Gasteiger partial charge in [0, 0.05) is 12.6 Å². The quantitative estimate of drug-likeness (QED) is 0.886. The Kier molecular flexibility index (Phi) is 4.99. The molecule has 5 heteroatoms. The third-order valence-corrected chi connectivity index (χ3v) is 3.82. The van der Waals surface area contributed by atoms with Crippen LogP contribution < -0.4 is 9.64 Å². The van der Waals surface area contributed by atoms with Crippen molar-refractivity contribution in [2.45, 2.75) is 0 Å². The number of benzene rings is 1. The number of carbonyl (C=O) groups excluding carboxylic acids is 1. The zero-order valence-electron chi connectivity index (χ0n) is 11.8. The van der Waals surface area contributed by atoms with Crippen molar-refractivity contribution >= 4 is 22.9 Å². The number of aliphatic hydroxyl groups excluding tert-OH is 1. The van der Waals surface area contributed by atoms with Gasteiger partial charge in [0.2, 0.25) is 0 Å². The van der Waals surface area contributed by atoms with Gasteiger partial charge in [0.15, 0.2) is 0 Å². The number of rotatable bonds is 3. The van der Waals surface area contributed by atoms with Crippen molar-refractivity contribution in [3.05, 3.63) is 46.2 Å². The molecule has 0 atom stereocenters. The molecule has 1 heterocycles. The molecule has 2 rings (SSSR count). The fourth-order valence-electron chi connectivity index (χ4n) is 1.88. The average Bonchev–Trinajstić information content (AvgIpc) is 2.99. The highest BCUT2D eigenvalue weighted by molar-refractivity contribution is 7.12. The number of hydrogen-bond donors (Lipinski definition) is 1. The van der Waals surface area contributed by atoms with Gasteiger partial charge >= 0.3 is 0 Å². The number of hydrogen-bond acceptors (Lipinski definition) is 4. The van der Waals surface area contributed by atoms with Gasteiger partial charge < -0.3 is 14.7 Å². The molecule has 1 N–H and O–H groups in total. The average molecular weight is 301 g/mol. The Balaban J connectivity index is 2.34. The van der Waals surface area contributed by atoms with Gasteiger partial charge in [0.1, 0.15) is 17.2 Å². The molecule has 0 spiro atoms. The Hall–Kier alpha value is -2.29. The summed E-state index contributed by atoms with van der Waals surface area (Å²) < 4.78 is 5.28. The first-order valence-electron chi connectivity index (χ1n) is 6.27. The molecular weight excluding hydrogens is 286 g/mol. The fraction of sp³-hybridized carbons (Fsp3) is 0.188. The summed E-state index contributed by atoms with van der Waals surface area (Å²) >= 11 is 1.33. The number of para-hydroxylation sites is 2. The van der Waals surface area contributed by atoms with Crippen LogP contribution in [0.25, 0.3) is 0 Å². The highest BCUT2D eigenvalue weighted by Gasteiger charge is 2.20. The number of anilines is 1. The molecule has 0 fully saturated rings. The Morgan fingerprint density at radius 1 is 1.38 bits per heavy atom. The molecule has 21 heavy (non-hydrogen) atoms. The molecule has 0 aliphatic carbocycles. The van der Waals surface area contributed by atoms with Crippen molar-refractivity contribution in [3.63, 3.8) is 0 Å². The molecule has 1 amide bonds. The lowest BCUT2D eigenvalue weighted by molar-refractivity contribution is 0.0996. The molecule has 0 saturated heterocycles. The van der Waals surface area contributed by atoms with Crippen molar-refractivity contribution in [1.82, 2.24) is 0 Å². The Labute approximate surface area is 127 Å². The zero-order valence-corrected chi connectivity index (χ0v) is 12.6. The van der Waals surface area contributed by atoms with E-state index in [1.54, 1.807) is 26.3 Å². The summed E-state index contributed by atoms with van der Waals surface area (Å²) in [6, 6.07) is 9.10. The van der Waals surface area contributed by atoms with Crippen LogP contribution in [0.3, 0.4) is 0 Å². The Bertz CT molecular complexity index is 697. The molecule has 1 aromatic heterocycles. The van der Waals surface area contributed by atoms with E-state index >= 15 is 0 Å². The molecule has 4 nitrogen and oxygen atoms in total. The lowest BCUT2D eigenvalue weighted by atomic mass is 10.2. The molecular formula is C16H15NO3S. The summed E-state index contributed by atoms with van der Waals surface area (Å²) in [5.74, 6) is 5.83. The highest BCUT2D eigenvalue weighted by atomic mass is 32.1. The predicted molar refractivity (Wildman–Crippen MR) is 84.0 cm³/mol. The highest BCUT2D eigenvalue weighted by Crippen LogP contribution is 2.29. The Morgan fingerprint density at radius 3 is 2.86 bits per heavy atom. The third-order valence-electron chi connectivity index (χ3n) is 2.91. The van der Waals surface area contributed by atoms with E-state index in [0.29, 0.717) is 21.9 Å². The summed E-state index contributed by atoms with van der Waals surface area (Å²) in [4.78, 5) is 14.7. The SMILES string of the molecule is COc1ccccc1N(C)C(=O)c1sccc1C#CCO. The number of thiophene rings is 1. The second-order valence-corrected chi connectivity index (χ2v) is 5.08. The summed E-state index contributed by atoms with van der Waals surface area (Å²) in [5.41, 5.74) is 1.32. The molecule has 1 aromatic carbocycles. The van der Waals surface area contributed by atoms with Crippen LogP contribution >= 0.6 is 11.3 Å². The van der Waals surface area contributed by atoms with Gasteiger partial charge in [-0.05, 0) is 23.6 Å². The summed E-state index contributed by atoms with van der Waals surface area (Å²) in [6.07, 6.45) is 0. The molecule has 0 radical (unpaired) electrons. The van der Waals surface area contributed by atoms with Crippen LogP contribution in [0.1, 0.15) is 15.2 Å². The van der Waals surface area contributed by atoms with Gasteiger partial charge in [-0.1, -0.05) is 24.0 Å². The van der Waals surface area contributed by atoms with Crippen molar-refractivity contribution in [2.75, 3.05) is 25.7 Å². The van der Waals surface area contributed by atoms with Crippen LogP contribution in [-0.2, 0) is 0 Å². The van der Waals surface area contributed by atoms with Crippen LogP contribution in [0.2, 0.25) is 0 Å². The second-order valence-electron chi connectivity index (χ2n) is 4.16. The van der Waals surface area contributed by atoms with E-state index in [2.05, 4.69) is 11.8 Å². The molecule has 0 aliphatic heterocycles. The van der Waals surface area contributed by atoms with E-state index in [1.807, 2.05) is 23.6 Å². The van der Waals surface area contributed by atoms with Crippen molar-refractivity contribution in [2.24, 2.45) is 0 Å². The third kappa shape index (κ3) is 3.24. The van der Waals surface area contributed by atoms with Gasteiger partial charge in [-0.15, -0.1) is 11.3 Å². The van der Waals surface area contributed by atoms with E-state index in [-0.39, 0.29) is 12.5 Å². The minimum Gasteiger partial charge on any atom is -0.495 e. The number of methoxy groups -OCH3 is 1. The minimum atomic E-state index is -0.230. The number of amides is 1. The van der Waals surface area contributed by atoms with Crippen molar-refractivity contribution in [1.29, 1.82) is 0 Å². The summed E-state index contributed by atoms with van der Waals surface area (Å²) in [5, 5.41) is 10.6. The lowest BCUT2D eigenvalue weighted by Crippen LogP contribution is -2.26. The van der Waals surface area contributed by atoms with Crippen LogP contribution in [0.15, 0.2) is 35.7 Å². The largest absolute Gasteiger partial charge is 0.495 e. The maximum absolute atomic E-state index is 12.6. The Morgan fingerprint density at radius 2 is 2.14 bits per heavy atom. The van der Waals surface area contributed by atoms with Crippen molar-refractivity contribution in [3.8, 4) is 17.6 Å². The predicted octanol–water partition coefficient (Wildman–Crippen LogP) is 2.38. The number of carbonyl (C=O) groups is 1. The van der Waals surface area contributed by atoms with Crippen LogP contribution in [0, 0.1) is 11.8 Å². The van der Waals surface area contributed by atoms with E-state index < -0.39 is 0 Å². The van der Waals surface area contributed by atoms with Gasteiger partial charge in [-0.25, -0.2) is 0 Å². The topological polar surface area (TPSA) is 49.8 Å². The van der Waals surface area contributed by atoms with Gasteiger partial charge in [-0.2, -0.15) is 0 Å². The fourth-order valence-corrected chi connectivity index (χ4v) is 2.70. The summed E-state index contributed by atoms with van der Waals surface area (Å²) in [6.45, 7) is -0.230. The number of aliphatic hydroxyl groups is 1. The van der Waals surface area contributed by atoms with E-state index in [1.165, 1.54) is 16.2 Å². The lowest BCUT2D eigenvalue weighted by Gasteiger charge is -2.19. The summed E-state index contributed by atoms with van der Waals surface area (Å²) in [7, 11) is 3.27. The van der Waals surface area contributed by atoms with Gasteiger partial charge in [0.25, 0.3) is 5.91 Å². The monoisotopic (exact) mass is 301 g/mol. The normalized spacial score (nSPS) is 9.67. The molecule has 0 aliphatic rings. The van der Waals surface area contributed by atoms with Crippen LogP contribution in [0.4, 0.5) is 5.69 Å². The van der Waals surface area contributed by atoms with Crippen LogP contribution in [0.5, 0.6) is 5.75 Å². The molecule has 0 bridgehead atoms. The van der Waals surface area contributed by atoms with Crippen LogP contribution in [-0.4, -0.2) is 31.8 Å². The smallest absolute Gasteiger partial charge is 0.269 e. The standard InChI is InChI=1S/C16H15NO3S/c1-17(13-7-3-4-8-14(13)20-2)16(19)15-12(6-5-10-18)9-11-21-15/h3-4,7-9,11,18H,10H2,1-2H3. The van der Waals surface area contributed by atoms with E-state index in [4.69, 9.17) is 9.84 Å². The van der Waals surface area contributed by atoms with Gasteiger partial charge in [-0.3, -0.25) is 4.79 Å². The second kappa shape index (κ2) is 6.93. The molecule has 108 valence electrons. The number of ether oxygens (including phenoxy) is 1. The number of nitrogens with zero attached hydrogens (tertiary/aromatic N) is 1. The minimum absolute atomic E-state index is 0.156. The first-order chi connectivity index (χ1) is 10.2. The first-order valence-corrected chi connectivity index (χ1v) is 7.15. The van der Waals surface area contributed by atoms with Gasteiger partial charge in [0.05, 0.1) is 12.8 Å². The maximum Gasteiger partial charge on any atom is 0.269 e. The molecule has 0 saturated carbocycles. The van der Waals surface area contributed by atoms with Crippen molar-refractivity contribution < 1.29 is 14.6 Å². The first kappa shape index (κ1) is 15.1. The zero-order chi connectivity index (χ0) is 15.2. The molecule has 0 unspecified atom stereocenters. The van der Waals surface area contributed by atoms with E-state index in [9.17, 15) is 4.79 Å². The maximum atomic E-state index is 12.6.